The van der Waals surface area contributed by atoms with Gasteiger partial charge in [0.15, 0.2) is 0 Å². The molecule has 0 bridgehead atoms. The first-order valence-corrected chi connectivity index (χ1v) is 1.08. The molecule has 2 nitrogen and oxygen atoms in total. The van der Waals surface area contributed by atoms with Gasteiger partial charge < -0.3 is 22.9 Å². The fourth-order valence-electron chi connectivity index (χ4n) is 0.0340. The van der Waals surface area contributed by atoms with Gasteiger partial charge in [0.05, 0.1) is 6.41 Å². The van der Waals surface area contributed by atoms with Crippen LogP contribution in [0.2, 0.25) is 0 Å². The maximum absolute atomic E-state index is 9.06. The number of hydrogen-bond acceptors (Lipinski definition) is 1. The number of amides is 1. The van der Waals surface area contributed by atoms with Crippen LogP contribution in [0.15, 0.2) is 6.20 Å². The summed E-state index contributed by atoms with van der Waals surface area (Å²) in [5.41, 5.74) is 0. The van der Waals surface area contributed by atoms with Crippen molar-refractivity contribution in [3.63, 3.8) is 0 Å². The first-order chi connectivity index (χ1) is 2.41. The van der Waals surface area contributed by atoms with E-state index in [-0.39, 0.29) is 16.5 Å². The SMILES string of the molecule is [CH-]=CN[C-]=O.[Ni+2]. The average Bonchev–Trinajstić information content (AvgIpc) is 1.41. The standard InChI is InChI=1S/C3H3NO.Ni/c1-2-4-3-5;/h1-2H,(H,4,5);/q-2;+2. The number of nitrogens with one attached hydrogen (secondary N) is 1. The van der Waals surface area contributed by atoms with E-state index in [0.717, 1.165) is 6.20 Å². The van der Waals surface area contributed by atoms with Crippen LogP contribution >= 0.6 is 0 Å². The maximum atomic E-state index is 9.06. The molecule has 0 aromatic rings. The Morgan fingerprint density at radius 3 is 2.33 bits per heavy atom. The van der Waals surface area contributed by atoms with Gasteiger partial charge in [-0.2, -0.15) is 0 Å². The normalized spacial score (nSPS) is 4.67. The van der Waals surface area contributed by atoms with Crippen molar-refractivity contribution in [1.29, 1.82) is 0 Å². The summed E-state index contributed by atoms with van der Waals surface area (Å²) in [5.74, 6) is 0. The van der Waals surface area contributed by atoms with Gasteiger partial charge in [0.25, 0.3) is 0 Å². The molecule has 6 heavy (non-hydrogen) atoms. The molecule has 1 N–H and O–H groups in total. The van der Waals surface area contributed by atoms with Crippen molar-refractivity contribution in [3.8, 4) is 0 Å². The zero-order valence-electron chi connectivity index (χ0n) is 2.88. The number of rotatable bonds is 2. The minimum atomic E-state index is 0. The molecule has 0 radical (unpaired) electrons. The van der Waals surface area contributed by atoms with E-state index in [4.69, 9.17) is 4.79 Å². The molecular weight excluding hydrogens is 125 g/mol. The van der Waals surface area contributed by atoms with E-state index >= 15 is 0 Å². The van der Waals surface area contributed by atoms with Crippen molar-refractivity contribution in [3.05, 3.63) is 12.8 Å². The largest absolute Gasteiger partial charge is 2.00 e. The summed E-state index contributed by atoms with van der Waals surface area (Å²) in [4.78, 5) is 9.06. The van der Waals surface area contributed by atoms with Crippen LogP contribution in [0.3, 0.4) is 0 Å². The molecule has 1 amide bonds. The van der Waals surface area contributed by atoms with Gasteiger partial charge in [-0.1, -0.05) is 0 Å². The Morgan fingerprint density at radius 1 is 1.83 bits per heavy atom. The zero-order chi connectivity index (χ0) is 4.12. The van der Waals surface area contributed by atoms with Crippen LogP contribution in [0.5, 0.6) is 0 Å². The number of hydrogen-bond donors (Lipinski definition) is 1. The van der Waals surface area contributed by atoms with Gasteiger partial charge in [-0.3, -0.25) is 0 Å². The second-order valence-corrected chi connectivity index (χ2v) is 0.413. The summed E-state index contributed by atoms with van der Waals surface area (Å²) >= 11 is 0. The summed E-state index contributed by atoms with van der Waals surface area (Å²) < 4.78 is 0. The third-order valence-electron chi connectivity index (χ3n) is 0.142. The predicted octanol–water partition coefficient (Wildman–Crippen LogP) is -0.413. The van der Waals surface area contributed by atoms with E-state index < -0.39 is 0 Å². The molecule has 0 aromatic heterocycles. The van der Waals surface area contributed by atoms with Crippen LogP contribution in [-0.2, 0) is 21.3 Å². The first-order valence-electron chi connectivity index (χ1n) is 1.08. The molecule has 36 valence electrons. The van der Waals surface area contributed by atoms with E-state index in [1.165, 1.54) is 6.41 Å². The van der Waals surface area contributed by atoms with Crippen molar-refractivity contribution in [2.75, 3.05) is 0 Å². The maximum Gasteiger partial charge on any atom is 2.00 e. The predicted molar refractivity (Wildman–Crippen MR) is 17.7 cm³/mol. The van der Waals surface area contributed by atoms with E-state index in [2.05, 4.69) is 6.58 Å². The number of carbonyl (C=O) groups excluding carboxylic acids is 1. The van der Waals surface area contributed by atoms with Gasteiger partial charge in [-0.15, -0.1) is 0 Å². The summed E-state index contributed by atoms with van der Waals surface area (Å²) in [7, 11) is 0. The van der Waals surface area contributed by atoms with Crippen LogP contribution in [0.1, 0.15) is 0 Å². The molecule has 0 saturated carbocycles. The Labute approximate surface area is 46.5 Å². The third kappa shape index (κ3) is 9.33. The second kappa shape index (κ2) is 8.83. The molecule has 0 aliphatic carbocycles. The van der Waals surface area contributed by atoms with Gasteiger partial charge in [0.2, 0.25) is 0 Å². The molecule has 0 atom stereocenters. The van der Waals surface area contributed by atoms with E-state index in [9.17, 15) is 0 Å². The molecule has 0 aliphatic heterocycles. The van der Waals surface area contributed by atoms with Gasteiger partial charge >= 0.3 is 16.5 Å². The fourth-order valence-corrected chi connectivity index (χ4v) is 0.0340. The monoisotopic (exact) mass is 127 g/mol. The Bertz CT molecular complexity index is 40.1. The van der Waals surface area contributed by atoms with Crippen LogP contribution < -0.4 is 5.32 Å². The van der Waals surface area contributed by atoms with Crippen molar-refractivity contribution in [2.24, 2.45) is 0 Å². The molecule has 0 unspecified atom stereocenters. The average molecular weight is 128 g/mol. The smallest absolute Gasteiger partial charge is 0.603 e. The van der Waals surface area contributed by atoms with Crippen molar-refractivity contribution in [1.82, 2.24) is 5.32 Å². The quantitative estimate of drug-likeness (QED) is 0.305. The molecule has 0 saturated heterocycles. The third-order valence-corrected chi connectivity index (χ3v) is 0.142. The fraction of sp³-hybridized carbons (Fsp3) is 0. The molecule has 0 heterocycles. The molecule has 0 aliphatic rings. The van der Waals surface area contributed by atoms with Crippen molar-refractivity contribution in [2.45, 2.75) is 0 Å². The van der Waals surface area contributed by atoms with Crippen LogP contribution in [0, 0.1) is 6.58 Å². The first kappa shape index (κ1) is 9.20. The Hall–Kier alpha value is -0.296. The Balaban J connectivity index is 0. The molecule has 0 rings (SSSR count). The van der Waals surface area contributed by atoms with Gasteiger partial charge in [-0.25, -0.2) is 0 Å². The van der Waals surface area contributed by atoms with Crippen LogP contribution in [-0.4, -0.2) is 6.41 Å². The molecule has 0 spiro atoms. The summed E-state index contributed by atoms with van der Waals surface area (Å²) in [6.07, 6.45) is 2.34. The summed E-state index contributed by atoms with van der Waals surface area (Å²) in [6.45, 7) is 4.64. The Kier molecular flexibility index (Phi) is 13.5. The van der Waals surface area contributed by atoms with E-state index in [0.29, 0.717) is 0 Å². The van der Waals surface area contributed by atoms with Gasteiger partial charge in [0, 0.05) is 0 Å². The zero-order valence-corrected chi connectivity index (χ0v) is 3.87. The summed E-state index contributed by atoms with van der Waals surface area (Å²) in [6, 6.07) is 0. The van der Waals surface area contributed by atoms with Crippen LogP contribution in [0.4, 0.5) is 0 Å². The molecule has 0 aromatic carbocycles. The second-order valence-electron chi connectivity index (χ2n) is 0.413. The minimum absolute atomic E-state index is 0. The van der Waals surface area contributed by atoms with Gasteiger partial charge in [0.1, 0.15) is 0 Å². The molecule has 3 heteroatoms. The molecule has 0 fully saturated rings. The van der Waals surface area contributed by atoms with E-state index in [1.807, 2.05) is 5.32 Å². The topological polar surface area (TPSA) is 29.1 Å². The molecular formula is C3H3NNiO. The van der Waals surface area contributed by atoms with E-state index in [1.54, 1.807) is 0 Å². The van der Waals surface area contributed by atoms with Crippen molar-refractivity contribution < 1.29 is 21.3 Å². The minimum Gasteiger partial charge on any atom is -0.603 e. The van der Waals surface area contributed by atoms with Crippen LogP contribution in [0.25, 0.3) is 0 Å². The summed E-state index contributed by atoms with van der Waals surface area (Å²) in [5, 5.41) is 1.96. The van der Waals surface area contributed by atoms with Crippen molar-refractivity contribution >= 4 is 6.41 Å². The van der Waals surface area contributed by atoms with Gasteiger partial charge in [-0.05, 0) is 0 Å². The Morgan fingerprint density at radius 2 is 2.33 bits per heavy atom.